The first kappa shape index (κ1) is 15.0. The van der Waals surface area contributed by atoms with Gasteiger partial charge in [-0.1, -0.05) is 28.8 Å². The van der Waals surface area contributed by atoms with E-state index < -0.39 is 0 Å². The van der Waals surface area contributed by atoms with Crippen LogP contribution in [0.3, 0.4) is 0 Å². The van der Waals surface area contributed by atoms with Crippen LogP contribution in [0.15, 0.2) is 0 Å². The monoisotopic (exact) mass is 305 g/mol. The summed E-state index contributed by atoms with van der Waals surface area (Å²) >= 11 is 3.69. The molecule has 100 valence electrons. The van der Waals surface area contributed by atoms with E-state index >= 15 is 0 Å². The minimum absolute atomic E-state index is 0.00908. The predicted molar refractivity (Wildman–Crippen MR) is 73.4 cm³/mol. The fourth-order valence-electron chi connectivity index (χ4n) is 1.97. The van der Waals surface area contributed by atoms with Crippen LogP contribution in [0, 0.1) is 5.92 Å². The number of alkyl halides is 1. The normalized spacial score (nSPS) is 25.6. The zero-order chi connectivity index (χ0) is 12.9. The van der Waals surface area contributed by atoms with E-state index in [9.17, 15) is 4.79 Å². The van der Waals surface area contributed by atoms with E-state index in [0.29, 0.717) is 10.7 Å². The first-order chi connectivity index (χ1) is 7.88. The van der Waals surface area contributed by atoms with Gasteiger partial charge in [-0.15, -0.1) is 0 Å². The Morgan fingerprint density at radius 2 is 2.00 bits per heavy atom. The summed E-state index contributed by atoms with van der Waals surface area (Å²) in [5.74, 6) is 0.563. The summed E-state index contributed by atoms with van der Waals surface area (Å²) in [6, 6.07) is 0. The Hall–Kier alpha value is -0.0900. The number of carbonyl (C=O) groups excluding carboxylic acids is 1. The Bertz CT molecular complexity index is 250. The second-order valence-corrected chi connectivity index (χ2v) is 6.94. The number of hydrogen-bond acceptors (Lipinski definition) is 2. The third-order valence-electron chi connectivity index (χ3n) is 3.01. The molecule has 1 fully saturated rings. The Balaban J connectivity index is 2.19. The lowest BCUT2D eigenvalue weighted by atomic mass is 9.89. The molecule has 0 aromatic heterocycles. The Morgan fingerprint density at radius 1 is 1.35 bits per heavy atom. The number of amides is 1. The molecule has 0 bridgehead atoms. The van der Waals surface area contributed by atoms with Gasteiger partial charge >= 0.3 is 0 Å². The van der Waals surface area contributed by atoms with Gasteiger partial charge in [-0.05, 0) is 39.5 Å². The largest absolute Gasteiger partial charge is 0.366 e. The highest BCUT2D eigenvalue weighted by Gasteiger charge is 2.23. The SMILES string of the molecule is CC(C)(C)OCC(=O)NCC1CCCCC1Br. The molecule has 4 heteroatoms. The summed E-state index contributed by atoms with van der Waals surface area (Å²) < 4.78 is 5.43. The molecule has 2 atom stereocenters. The molecular weight excluding hydrogens is 282 g/mol. The molecule has 1 amide bonds. The van der Waals surface area contributed by atoms with Crippen molar-refractivity contribution in [2.75, 3.05) is 13.2 Å². The van der Waals surface area contributed by atoms with Gasteiger partial charge in [0.25, 0.3) is 0 Å². The molecule has 0 aromatic carbocycles. The van der Waals surface area contributed by atoms with Crippen LogP contribution < -0.4 is 5.32 Å². The Kier molecular flexibility index (Phi) is 5.93. The number of carbonyl (C=O) groups is 1. The maximum atomic E-state index is 11.6. The summed E-state index contributed by atoms with van der Waals surface area (Å²) in [6.45, 7) is 6.78. The lowest BCUT2D eigenvalue weighted by Gasteiger charge is -2.27. The molecule has 0 spiro atoms. The summed E-state index contributed by atoms with van der Waals surface area (Å²) in [4.78, 5) is 12.1. The molecule has 0 saturated heterocycles. The Labute approximate surface area is 113 Å². The zero-order valence-electron chi connectivity index (χ0n) is 11.1. The first-order valence-electron chi connectivity index (χ1n) is 6.43. The van der Waals surface area contributed by atoms with Crippen molar-refractivity contribution in [2.45, 2.75) is 56.9 Å². The molecule has 17 heavy (non-hydrogen) atoms. The molecule has 1 saturated carbocycles. The predicted octanol–water partition coefficient (Wildman–Crippen LogP) is 2.87. The van der Waals surface area contributed by atoms with Crippen LogP contribution >= 0.6 is 15.9 Å². The highest BCUT2D eigenvalue weighted by molar-refractivity contribution is 9.09. The van der Waals surface area contributed by atoms with Crippen LogP contribution in [0.25, 0.3) is 0 Å². The summed E-state index contributed by atoms with van der Waals surface area (Å²) in [5, 5.41) is 2.96. The van der Waals surface area contributed by atoms with E-state index in [-0.39, 0.29) is 18.1 Å². The van der Waals surface area contributed by atoms with Crippen molar-refractivity contribution in [2.24, 2.45) is 5.92 Å². The highest BCUT2D eigenvalue weighted by atomic mass is 79.9. The smallest absolute Gasteiger partial charge is 0.246 e. The third kappa shape index (κ3) is 6.41. The maximum Gasteiger partial charge on any atom is 0.246 e. The van der Waals surface area contributed by atoms with Gasteiger partial charge in [0.1, 0.15) is 6.61 Å². The molecule has 1 N–H and O–H groups in total. The van der Waals surface area contributed by atoms with E-state index in [1.807, 2.05) is 20.8 Å². The van der Waals surface area contributed by atoms with Crippen molar-refractivity contribution < 1.29 is 9.53 Å². The molecule has 2 unspecified atom stereocenters. The fraction of sp³-hybridized carbons (Fsp3) is 0.923. The van der Waals surface area contributed by atoms with E-state index in [1.165, 1.54) is 25.7 Å². The first-order valence-corrected chi connectivity index (χ1v) is 7.35. The minimum Gasteiger partial charge on any atom is -0.366 e. The maximum absolute atomic E-state index is 11.6. The molecule has 1 rings (SSSR count). The van der Waals surface area contributed by atoms with Crippen LogP contribution in [-0.4, -0.2) is 29.5 Å². The molecule has 0 aromatic rings. The summed E-state index contributed by atoms with van der Waals surface area (Å²) in [5.41, 5.74) is -0.250. The molecule has 1 aliphatic rings. The fourth-order valence-corrected chi connectivity index (χ4v) is 2.75. The van der Waals surface area contributed by atoms with E-state index in [2.05, 4.69) is 21.2 Å². The van der Waals surface area contributed by atoms with Crippen LogP contribution in [0.4, 0.5) is 0 Å². The quantitative estimate of drug-likeness (QED) is 0.811. The minimum atomic E-state index is -0.250. The van der Waals surface area contributed by atoms with Gasteiger partial charge in [0.05, 0.1) is 5.60 Å². The standard InChI is InChI=1S/C13H24BrNO2/c1-13(2,3)17-9-12(16)15-8-10-6-4-5-7-11(10)14/h10-11H,4-9H2,1-3H3,(H,15,16). The van der Waals surface area contributed by atoms with Crippen molar-refractivity contribution in [1.82, 2.24) is 5.32 Å². The number of ether oxygens (including phenoxy) is 1. The average molecular weight is 306 g/mol. The summed E-state index contributed by atoms with van der Waals surface area (Å²) in [6.07, 6.45) is 5.00. The van der Waals surface area contributed by atoms with Crippen molar-refractivity contribution in [3.05, 3.63) is 0 Å². The van der Waals surface area contributed by atoms with Crippen molar-refractivity contribution >= 4 is 21.8 Å². The van der Waals surface area contributed by atoms with Gasteiger partial charge in [-0.3, -0.25) is 4.79 Å². The van der Waals surface area contributed by atoms with Gasteiger partial charge in [0.2, 0.25) is 5.91 Å². The third-order valence-corrected chi connectivity index (χ3v) is 4.22. The topological polar surface area (TPSA) is 38.3 Å². The number of halogens is 1. The lowest BCUT2D eigenvalue weighted by Crippen LogP contribution is -2.37. The van der Waals surface area contributed by atoms with E-state index in [1.54, 1.807) is 0 Å². The van der Waals surface area contributed by atoms with E-state index in [0.717, 1.165) is 6.54 Å². The van der Waals surface area contributed by atoms with E-state index in [4.69, 9.17) is 4.74 Å². The number of rotatable bonds is 4. The molecular formula is C13H24BrNO2. The summed E-state index contributed by atoms with van der Waals surface area (Å²) in [7, 11) is 0. The van der Waals surface area contributed by atoms with Crippen molar-refractivity contribution in [1.29, 1.82) is 0 Å². The van der Waals surface area contributed by atoms with Crippen LogP contribution in [0.5, 0.6) is 0 Å². The Morgan fingerprint density at radius 3 is 2.59 bits per heavy atom. The van der Waals surface area contributed by atoms with Gasteiger partial charge in [-0.25, -0.2) is 0 Å². The van der Waals surface area contributed by atoms with Crippen molar-refractivity contribution in [3.8, 4) is 0 Å². The lowest BCUT2D eigenvalue weighted by molar-refractivity contribution is -0.130. The highest BCUT2D eigenvalue weighted by Crippen LogP contribution is 2.29. The molecule has 0 radical (unpaired) electrons. The molecule has 3 nitrogen and oxygen atoms in total. The van der Waals surface area contributed by atoms with Crippen LogP contribution in [0.1, 0.15) is 46.5 Å². The second-order valence-electron chi connectivity index (χ2n) is 5.77. The zero-order valence-corrected chi connectivity index (χ0v) is 12.7. The van der Waals surface area contributed by atoms with Gasteiger partial charge < -0.3 is 10.1 Å². The second kappa shape index (κ2) is 6.74. The van der Waals surface area contributed by atoms with Crippen LogP contribution in [-0.2, 0) is 9.53 Å². The van der Waals surface area contributed by atoms with Gasteiger partial charge in [-0.2, -0.15) is 0 Å². The number of nitrogens with one attached hydrogen (secondary N) is 1. The number of hydrogen-bond donors (Lipinski definition) is 1. The van der Waals surface area contributed by atoms with Crippen LogP contribution in [0.2, 0.25) is 0 Å². The van der Waals surface area contributed by atoms with Gasteiger partial charge in [0.15, 0.2) is 0 Å². The average Bonchev–Trinajstić information content (AvgIpc) is 2.24. The van der Waals surface area contributed by atoms with Crippen molar-refractivity contribution in [3.63, 3.8) is 0 Å². The van der Waals surface area contributed by atoms with Gasteiger partial charge in [0, 0.05) is 11.4 Å². The molecule has 0 heterocycles. The molecule has 1 aliphatic carbocycles. The molecule has 0 aliphatic heterocycles.